The fourth-order valence-corrected chi connectivity index (χ4v) is 2.55. The van der Waals surface area contributed by atoms with E-state index in [0.717, 1.165) is 11.1 Å². The molecule has 2 aromatic carbocycles. The molecule has 0 fully saturated rings. The summed E-state index contributed by atoms with van der Waals surface area (Å²) in [4.78, 5) is 22.9. The topological polar surface area (TPSA) is 52.6 Å². The van der Waals surface area contributed by atoms with E-state index in [0.29, 0.717) is 0 Å². The third-order valence-electron chi connectivity index (χ3n) is 2.99. The molecule has 0 amide bonds. The SMILES string of the molecule is Cc1ccc(COC(=O)c2c(Cl)c(Cl)cc(Cl)c2OC=O)cc1. The molecule has 0 saturated carbocycles. The molecule has 0 heterocycles. The average Bonchev–Trinajstić information content (AvgIpc) is 2.52. The van der Waals surface area contributed by atoms with Crippen LogP contribution in [-0.2, 0) is 16.1 Å². The largest absolute Gasteiger partial charge is 0.457 e. The Morgan fingerprint density at radius 3 is 2.39 bits per heavy atom. The number of hydrogen-bond acceptors (Lipinski definition) is 4. The van der Waals surface area contributed by atoms with Crippen LogP contribution < -0.4 is 4.74 Å². The summed E-state index contributed by atoms with van der Waals surface area (Å²) in [7, 11) is 0. The highest BCUT2D eigenvalue weighted by atomic mass is 35.5. The zero-order chi connectivity index (χ0) is 17.0. The Bertz CT molecular complexity index is 742. The van der Waals surface area contributed by atoms with Crippen molar-refractivity contribution in [2.75, 3.05) is 0 Å². The first kappa shape index (κ1) is 17.6. The van der Waals surface area contributed by atoms with Crippen LogP contribution >= 0.6 is 34.8 Å². The number of halogens is 3. The fraction of sp³-hybridized carbons (Fsp3) is 0.125. The van der Waals surface area contributed by atoms with Gasteiger partial charge in [0.05, 0.1) is 15.1 Å². The molecule has 0 bridgehead atoms. The summed E-state index contributed by atoms with van der Waals surface area (Å²) in [6.45, 7) is 2.12. The van der Waals surface area contributed by atoms with Gasteiger partial charge in [-0.1, -0.05) is 64.6 Å². The Kier molecular flexibility index (Phi) is 5.88. The van der Waals surface area contributed by atoms with Crippen LogP contribution in [0.4, 0.5) is 0 Å². The quantitative estimate of drug-likeness (QED) is 0.427. The second kappa shape index (κ2) is 7.68. The van der Waals surface area contributed by atoms with Gasteiger partial charge >= 0.3 is 5.97 Å². The number of ether oxygens (including phenoxy) is 2. The number of carbonyl (C=O) groups excluding carboxylic acids is 2. The Morgan fingerprint density at radius 1 is 1.13 bits per heavy atom. The van der Waals surface area contributed by atoms with Crippen molar-refractivity contribution in [1.29, 1.82) is 0 Å². The molecule has 0 aliphatic carbocycles. The van der Waals surface area contributed by atoms with Gasteiger partial charge in [0.1, 0.15) is 12.2 Å². The van der Waals surface area contributed by atoms with Gasteiger partial charge in [-0.3, -0.25) is 4.79 Å². The first-order valence-corrected chi connectivity index (χ1v) is 7.58. The lowest BCUT2D eigenvalue weighted by molar-refractivity contribution is -0.120. The van der Waals surface area contributed by atoms with Crippen molar-refractivity contribution in [2.45, 2.75) is 13.5 Å². The van der Waals surface area contributed by atoms with E-state index in [2.05, 4.69) is 0 Å². The zero-order valence-electron chi connectivity index (χ0n) is 11.9. The van der Waals surface area contributed by atoms with Crippen LogP contribution in [-0.4, -0.2) is 12.4 Å². The molecule has 0 N–H and O–H groups in total. The van der Waals surface area contributed by atoms with E-state index in [9.17, 15) is 9.59 Å². The van der Waals surface area contributed by atoms with Gasteiger partial charge in [-0.25, -0.2) is 4.79 Å². The molecule has 23 heavy (non-hydrogen) atoms. The van der Waals surface area contributed by atoms with Gasteiger partial charge in [0.15, 0.2) is 5.75 Å². The molecule has 2 rings (SSSR count). The minimum Gasteiger partial charge on any atom is -0.457 e. The van der Waals surface area contributed by atoms with Crippen LogP contribution in [0.2, 0.25) is 15.1 Å². The Balaban J connectivity index is 2.27. The highest BCUT2D eigenvalue weighted by molar-refractivity contribution is 6.45. The minimum absolute atomic E-state index is 0.0196. The normalized spacial score (nSPS) is 10.3. The molecular formula is C16H11Cl3O4. The number of aryl methyl sites for hydroxylation is 1. The monoisotopic (exact) mass is 372 g/mol. The van der Waals surface area contributed by atoms with Crippen molar-refractivity contribution in [1.82, 2.24) is 0 Å². The van der Waals surface area contributed by atoms with Crippen LogP contribution in [0, 0.1) is 6.92 Å². The van der Waals surface area contributed by atoms with Crippen molar-refractivity contribution in [2.24, 2.45) is 0 Å². The standard InChI is InChI=1S/C16H11Cl3O4/c1-9-2-4-10(5-3-9)7-22-16(21)13-14(19)11(17)6-12(18)15(13)23-8-20/h2-6,8H,7H2,1H3. The molecule has 0 aliphatic rings. The lowest BCUT2D eigenvalue weighted by Gasteiger charge is -2.12. The molecule has 0 aliphatic heterocycles. The number of carbonyl (C=O) groups is 2. The number of hydrogen-bond donors (Lipinski definition) is 0. The summed E-state index contributed by atoms with van der Waals surface area (Å²) in [5.41, 5.74) is 1.70. The number of rotatable bonds is 5. The van der Waals surface area contributed by atoms with Crippen molar-refractivity contribution in [3.63, 3.8) is 0 Å². The lowest BCUT2D eigenvalue weighted by Crippen LogP contribution is -2.09. The zero-order valence-corrected chi connectivity index (χ0v) is 14.2. The Labute approximate surface area is 147 Å². The third kappa shape index (κ3) is 4.16. The summed E-state index contributed by atoms with van der Waals surface area (Å²) in [5.74, 6) is -0.984. The van der Waals surface area contributed by atoms with Crippen molar-refractivity contribution in [3.8, 4) is 5.75 Å². The smallest absolute Gasteiger partial charge is 0.343 e. The van der Waals surface area contributed by atoms with Crippen LogP contribution in [0.3, 0.4) is 0 Å². The van der Waals surface area contributed by atoms with E-state index in [1.54, 1.807) is 0 Å². The molecule has 120 valence electrons. The second-order valence-electron chi connectivity index (χ2n) is 4.63. The van der Waals surface area contributed by atoms with E-state index in [1.165, 1.54) is 6.07 Å². The van der Waals surface area contributed by atoms with Gasteiger partial charge in [-0.05, 0) is 18.6 Å². The summed E-state index contributed by atoms with van der Waals surface area (Å²) < 4.78 is 9.93. The third-order valence-corrected chi connectivity index (χ3v) is 4.06. The molecule has 0 unspecified atom stereocenters. The van der Waals surface area contributed by atoms with Crippen molar-refractivity contribution >= 4 is 47.2 Å². The van der Waals surface area contributed by atoms with Crippen LogP contribution in [0.1, 0.15) is 21.5 Å². The number of benzene rings is 2. The molecule has 0 saturated heterocycles. The number of esters is 1. The van der Waals surface area contributed by atoms with Gasteiger partial charge in [0.2, 0.25) is 0 Å². The summed E-state index contributed by atoms with van der Waals surface area (Å²) in [6.07, 6.45) is 0. The molecular weight excluding hydrogens is 363 g/mol. The molecule has 0 aromatic heterocycles. The lowest BCUT2D eigenvalue weighted by atomic mass is 10.1. The van der Waals surface area contributed by atoms with Gasteiger partial charge in [0, 0.05) is 0 Å². The molecule has 2 aromatic rings. The maximum absolute atomic E-state index is 12.3. The van der Waals surface area contributed by atoms with Crippen LogP contribution in [0.25, 0.3) is 0 Å². The van der Waals surface area contributed by atoms with Crippen molar-refractivity contribution in [3.05, 3.63) is 62.1 Å². The summed E-state index contributed by atoms with van der Waals surface area (Å²) >= 11 is 17.8. The molecule has 0 atom stereocenters. The van der Waals surface area contributed by atoms with Crippen LogP contribution in [0.15, 0.2) is 30.3 Å². The predicted octanol–water partition coefficient (Wildman–Crippen LogP) is 4.85. The van der Waals surface area contributed by atoms with Gasteiger partial charge < -0.3 is 9.47 Å². The summed E-state index contributed by atoms with van der Waals surface area (Å²) in [5, 5.41) is -0.0622. The Hall–Kier alpha value is -1.75. The predicted molar refractivity (Wildman–Crippen MR) is 88.5 cm³/mol. The summed E-state index contributed by atoms with van der Waals surface area (Å²) in [6, 6.07) is 8.73. The average molecular weight is 374 g/mol. The highest BCUT2D eigenvalue weighted by Crippen LogP contribution is 2.39. The Morgan fingerprint density at radius 2 is 1.78 bits per heavy atom. The maximum atomic E-state index is 12.3. The second-order valence-corrected chi connectivity index (χ2v) is 5.83. The van der Waals surface area contributed by atoms with Crippen LogP contribution in [0.5, 0.6) is 5.75 Å². The first-order chi connectivity index (χ1) is 10.9. The van der Waals surface area contributed by atoms with E-state index in [-0.39, 0.29) is 39.5 Å². The molecule has 0 radical (unpaired) electrons. The van der Waals surface area contributed by atoms with Crippen molar-refractivity contribution < 1.29 is 19.1 Å². The van der Waals surface area contributed by atoms with Gasteiger partial charge in [-0.15, -0.1) is 0 Å². The minimum atomic E-state index is -0.795. The highest BCUT2D eigenvalue weighted by Gasteiger charge is 2.24. The van der Waals surface area contributed by atoms with Gasteiger partial charge in [0.25, 0.3) is 6.47 Å². The molecule has 4 nitrogen and oxygen atoms in total. The van der Waals surface area contributed by atoms with Gasteiger partial charge in [-0.2, -0.15) is 0 Å². The first-order valence-electron chi connectivity index (χ1n) is 6.44. The van der Waals surface area contributed by atoms with E-state index in [1.807, 2.05) is 31.2 Å². The molecule has 0 spiro atoms. The van der Waals surface area contributed by atoms with E-state index in [4.69, 9.17) is 44.3 Å². The maximum Gasteiger partial charge on any atom is 0.343 e. The van der Waals surface area contributed by atoms with E-state index < -0.39 is 5.97 Å². The van der Waals surface area contributed by atoms with E-state index >= 15 is 0 Å². The fourth-order valence-electron chi connectivity index (χ4n) is 1.83. The molecule has 7 heteroatoms.